The highest BCUT2D eigenvalue weighted by Gasteiger charge is 2.39. The monoisotopic (exact) mass is 563 g/mol. The molecule has 1 unspecified atom stereocenters. The Hall–Kier alpha value is -5.44. The minimum absolute atomic E-state index is 0.0810. The highest BCUT2D eigenvalue weighted by Crippen LogP contribution is 2.38. The third-order valence-corrected chi connectivity index (χ3v) is 6.92. The van der Waals surface area contributed by atoms with Crippen molar-refractivity contribution in [1.29, 1.82) is 0 Å². The lowest BCUT2D eigenvalue weighted by molar-refractivity contribution is -0.118. The van der Waals surface area contributed by atoms with Gasteiger partial charge in [-0.15, -0.1) is 0 Å². The van der Waals surface area contributed by atoms with Crippen molar-refractivity contribution in [3.8, 4) is 23.0 Å². The SMILES string of the molecule is COc1cc2c(Oc3ccc(N4C(=O)NC(Cc5ccccc5)C4=O)cc3F)ccnc2cc1OCc1ccccc1. The van der Waals surface area contributed by atoms with Crippen molar-refractivity contribution in [1.82, 2.24) is 10.3 Å². The van der Waals surface area contributed by atoms with E-state index in [9.17, 15) is 9.59 Å². The number of ether oxygens (including phenoxy) is 3. The molecule has 0 saturated carbocycles. The molecule has 3 amide bonds. The van der Waals surface area contributed by atoms with E-state index >= 15 is 4.39 Å². The predicted molar refractivity (Wildman–Crippen MR) is 155 cm³/mol. The van der Waals surface area contributed by atoms with Gasteiger partial charge in [0.15, 0.2) is 23.1 Å². The number of urea groups is 1. The van der Waals surface area contributed by atoms with Crippen molar-refractivity contribution in [3.05, 3.63) is 120 Å². The summed E-state index contributed by atoms with van der Waals surface area (Å²) in [5.41, 5.74) is 2.59. The Morgan fingerprint density at radius 1 is 0.833 bits per heavy atom. The van der Waals surface area contributed by atoms with Crippen LogP contribution in [0.2, 0.25) is 0 Å². The van der Waals surface area contributed by atoms with Crippen LogP contribution >= 0.6 is 0 Å². The van der Waals surface area contributed by atoms with Gasteiger partial charge in [-0.2, -0.15) is 0 Å². The minimum atomic E-state index is -0.737. The number of anilines is 1. The Bertz CT molecular complexity index is 1760. The van der Waals surface area contributed by atoms with E-state index in [-0.39, 0.29) is 11.4 Å². The molecule has 6 rings (SSSR count). The van der Waals surface area contributed by atoms with Crippen molar-refractivity contribution in [2.75, 3.05) is 12.0 Å². The molecule has 1 atom stereocenters. The van der Waals surface area contributed by atoms with Gasteiger partial charge in [0, 0.05) is 30.1 Å². The molecule has 0 bridgehead atoms. The molecule has 1 aliphatic rings. The number of imide groups is 1. The van der Waals surface area contributed by atoms with E-state index in [1.807, 2.05) is 60.7 Å². The molecule has 0 aliphatic carbocycles. The van der Waals surface area contributed by atoms with E-state index in [1.54, 1.807) is 24.4 Å². The van der Waals surface area contributed by atoms with Crippen molar-refractivity contribution in [2.45, 2.75) is 19.1 Å². The lowest BCUT2D eigenvalue weighted by atomic mass is 10.1. The Labute approximate surface area is 241 Å². The van der Waals surface area contributed by atoms with Crippen molar-refractivity contribution < 1.29 is 28.2 Å². The molecule has 210 valence electrons. The number of hydrogen-bond donors (Lipinski definition) is 1. The van der Waals surface area contributed by atoms with Gasteiger partial charge in [-0.05, 0) is 35.4 Å². The number of carbonyl (C=O) groups is 2. The third-order valence-electron chi connectivity index (χ3n) is 6.92. The summed E-state index contributed by atoms with van der Waals surface area (Å²) in [4.78, 5) is 31.0. The lowest BCUT2D eigenvalue weighted by Crippen LogP contribution is -2.32. The van der Waals surface area contributed by atoms with Crippen LogP contribution in [0.15, 0.2) is 103 Å². The average molecular weight is 564 g/mol. The summed E-state index contributed by atoms with van der Waals surface area (Å²) in [5.74, 6) is 0.0534. The largest absolute Gasteiger partial charge is 0.493 e. The second-order valence-electron chi connectivity index (χ2n) is 9.69. The quantitative estimate of drug-likeness (QED) is 0.208. The van der Waals surface area contributed by atoms with Gasteiger partial charge in [0.25, 0.3) is 5.91 Å². The van der Waals surface area contributed by atoms with Gasteiger partial charge < -0.3 is 19.5 Å². The number of aromatic nitrogens is 1. The second-order valence-corrected chi connectivity index (χ2v) is 9.69. The fraction of sp³-hybridized carbons (Fsp3) is 0.121. The highest BCUT2D eigenvalue weighted by molar-refractivity contribution is 6.21. The smallest absolute Gasteiger partial charge is 0.329 e. The summed E-state index contributed by atoms with van der Waals surface area (Å²) < 4.78 is 32.8. The number of halogens is 1. The molecule has 0 radical (unpaired) electrons. The van der Waals surface area contributed by atoms with E-state index in [2.05, 4.69) is 10.3 Å². The number of carbonyl (C=O) groups excluding carboxylic acids is 2. The Morgan fingerprint density at radius 2 is 1.57 bits per heavy atom. The molecular formula is C33H26FN3O5. The molecule has 8 nitrogen and oxygen atoms in total. The first kappa shape index (κ1) is 26.8. The van der Waals surface area contributed by atoms with Gasteiger partial charge in [-0.25, -0.2) is 14.1 Å². The Balaban J connectivity index is 1.22. The Kier molecular flexibility index (Phi) is 7.38. The topological polar surface area (TPSA) is 90.0 Å². The normalized spacial score (nSPS) is 14.6. The maximum absolute atomic E-state index is 15.3. The van der Waals surface area contributed by atoms with Crippen LogP contribution in [-0.4, -0.2) is 30.1 Å². The molecule has 9 heteroatoms. The maximum Gasteiger partial charge on any atom is 0.329 e. The van der Waals surface area contributed by atoms with E-state index in [4.69, 9.17) is 14.2 Å². The van der Waals surface area contributed by atoms with Crippen LogP contribution in [0, 0.1) is 5.82 Å². The van der Waals surface area contributed by atoms with Crippen LogP contribution in [0.3, 0.4) is 0 Å². The summed E-state index contributed by atoms with van der Waals surface area (Å²) in [6, 6.07) is 26.8. The van der Waals surface area contributed by atoms with E-state index < -0.39 is 23.8 Å². The van der Waals surface area contributed by atoms with E-state index in [1.165, 1.54) is 19.2 Å². The third kappa shape index (κ3) is 5.44. The van der Waals surface area contributed by atoms with Crippen LogP contribution in [0.4, 0.5) is 14.9 Å². The zero-order valence-electron chi connectivity index (χ0n) is 22.6. The molecule has 42 heavy (non-hydrogen) atoms. The van der Waals surface area contributed by atoms with Crippen LogP contribution < -0.4 is 24.4 Å². The molecule has 4 aromatic carbocycles. The first-order chi connectivity index (χ1) is 20.5. The lowest BCUT2D eigenvalue weighted by Gasteiger charge is -2.16. The average Bonchev–Trinajstić information content (AvgIpc) is 3.29. The van der Waals surface area contributed by atoms with Crippen molar-refractivity contribution >= 4 is 28.5 Å². The molecule has 5 aromatic rings. The van der Waals surface area contributed by atoms with Gasteiger partial charge in [-0.3, -0.25) is 9.78 Å². The van der Waals surface area contributed by atoms with Gasteiger partial charge in [0.05, 0.1) is 18.3 Å². The number of rotatable bonds is 9. The fourth-order valence-electron chi connectivity index (χ4n) is 4.82. The van der Waals surface area contributed by atoms with Crippen LogP contribution in [-0.2, 0) is 17.8 Å². The van der Waals surface area contributed by atoms with Gasteiger partial charge in [-0.1, -0.05) is 60.7 Å². The molecule has 1 fully saturated rings. The summed E-state index contributed by atoms with van der Waals surface area (Å²) in [7, 11) is 1.53. The number of nitrogens with zero attached hydrogens (tertiary/aromatic N) is 2. The standard InChI is InChI=1S/C33H26FN3O5/c1-40-30-18-24-26(19-31(30)41-20-22-10-6-3-7-11-22)35-15-14-28(24)42-29-13-12-23(17-25(29)34)37-32(38)27(36-33(37)39)16-21-8-4-2-5-9-21/h2-15,17-19,27H,16,20H2,1H3,(H,36,39). The summed E-state index contributed by atoms with van der Waals surface area (Å²) in [6.07, 6.45) is 1.89. The van der Waals surface area contributed by atoms with Crippen LogP contribution in [0.5, 0.6) is 23.0 Å². The molecule has 1 N–H and O–H groups in total. The molecule has 1 aromatic heterocycles. The number of nitrogens with one attached hydrogen (secondary N) is 1. The van der Waals surface area contributed by atoms with Gasteiger partial charge in [0.1, 0.15) is 18.4 Å². The fourth-order valence-corrected chi connectivity index (χ4v) is 4.82. The van der Waals surface area contributed by atoms with E-state index in [0.717, 1.165) is 22.1 Å². The van der Waals surface area contributed by atoms with Gasteiger partial charge >= 0.3 is 6.03 Å². The number of amides is 3. The van der Waals surface area contributed by atoms with E-state index in [0.29, 0.717) is 41.2 Å². The summed E-state index contributed by atoms with van der Waals surface area (Å²) in [5, 5.41) is 3.27. The number of fused-ring (bicyclic) bond motifs is 1. The first-order valence-corrected chi connectivity index (χ1v) is 13.3. The van der Waals surface area contributed by atoms with Crippen molar-refractivity contribution in [2.24, 2.45) is 0 Å². The van der Waals surface area contributed by atoms with Gasteiger partial charge in [0.2, 0.25) is 0 Å². The molecule has 2 heterocycles. The number of benzene rings is 4. The number of hydrogen-bond acceptors (Lipinski definition) is 6. The summed E-state index contributed by atoms with van der Waals surface area (Å²) in [6.45, 7) is 0.348. The molecule has 1 saturated heterocycles. The van der Waals surface area contributed by atoms with Crippen LogP contribution in [0.25, 0.3) is 10.9 Å². The minimum Gasteiger partial charge on any atom is -0.493 e. The molecule has 0 spiro atoms. The molecule has 1 aliphatic heterocycles. The zero-order valence-corrected chi connectivity index (χ0v) is 22.6. The number of methoxy groups -OCH3 is 1. The molecular weight excluding hydrogens is 537 g/mol. The number of pyridine rings is 1. The highest BCUT2D eigenvalue weighted by atomic mass is 19.1. The second kappa shape index (κ2) is 11.6. The van der Waals surface area contributed by atoms with Crippen LogP contribution in [0.1, 0.15) is 11.1 Å². The zero-order chi connectivity index (χ0) is 29.1. The summed E-state index contributed by atoms with van der Waals surface area (Å²) >= 11 is 0. The Morgan fingerprint density at radius 3 is 2.29 bits per heavy atom. The van der Waals surface area contributed by atoms with Crippen molar-refractivity contribution in [3.63, 3.8) is 0 Å². The maximum atomic E-state index is 15.3. The first-order valence-electron chi connectivity index (χ1n) is 13.3. The predicted octanol–water partition coefficient (Wildman–Crippen LogP) is 6.42.